The Hall–Kier alpha value is -2.49. The van der Waals surface area contributed by atoms with Gasteiger partial charge in [-0.3, -0.25) is 13.9 Å². The lowest BCUT2D eigenvalue weighted by Gasteiger charge is -2.32. The summed E-state index contributed by atoms with van der Waals surface area (Å²) in [5.74, 6) is -0.144. The number of sulfonamides is 1. The highest BCUT2D eigenvalue weighted by molar-refractivity contribution is 7.92. The molecule has 1 atom stereocenters. The minimum Gasteiger partial charge on any atom is -0.492 e. The van der Waals surface area contributed by atoms with Crippen LogP contribution in [0.4, 0.5) is 5.69 Å². The number of nitrogens with one attached hydrogen (secondary N) is 1. The van der Waals surface area contributed by atoms with Crippen LogP contribution in [0.15, 0.2) is 42.5 Å². The number of benzene rings is 2. The number of carbonyl (C=O) groups is 2. The van der Waals surface area contributed by atoms with Crippen molar-refractivity contribution in [2.24, 2.45) is 0 Å². The van der Waals surface area contributed by atoms with Crippen LogP contribution in [0.1, 0.15) is 53.0 Å². The van der Waals surface area contributed by atoms with Crippen molar-refractivity contribution in [1.82, 2.24) is 10.2 Å². The van der Waals surface area contributed by atoms with E-state index < -0.39 is 21.6 Å². The molecule has 0 aromatic heterocycles. The van der Waals surface area contributed by atoms with E-state index >= 15 is 0 Å². The third-order valence-corrected chi connectivity index (χ3v) is 7.51. The Balaban J connectivity index is 2.25. The number of anilines is 1. The number of rotatable bonds is 12. The maximum absolute atomic E-state index is 13.4. The van der Waals surface area contributed by atoms with Gasteiger partial charge >= 0.3 is 0 Å². The van der Waals surface area contributed by atoms with Crippen molar-refractivity contribution < 1.29 is 22.7 Å². The summed E-state index contributed by atoms with van der Waals surface area (Å²) in [6.45, 7) is 9.66. The van der Waals surface area contributed by atoms with Gasteiger partial charge in [-0.05, 0) is 70.9 Å². The number of hydrogen-bond donors (Lipinski definition) is 1. The van der Waals surface area contributed by atoms with Crippen LogP contribution >= 0.6 is 23.2 Å². The SMILES string of the molecule is CCOc1ccccc1N(CCCC(=O)N(Cc1ccc(Cl)c(Cl)c1)[C@H](C)C(=O)NC(C)(C)C)S(C)(=O)=O. The van der Waals surface area contributed by atoms with Crippen LogP contribution in [-0.4, -0.2) is 56.1 Å². The van der Waals surface area contributed by atoms with Crippen molar-refractivity contribution in [3.63, 3.8) is 0 Å². The summed E-state index contributed by atoms with van der Waals surface area (Å²) in [5.41, 5.74) is 0.648. The summed E-state index contributed by atoms with van der Waals surface area (Å²) >= 11 is 12.2. The molecule has 0 saturated carbocycles. The number of hydrogen-bond acceptors (Lipinski definition) is 5. The first-order valence-corrected chi connectivity index (χ1v) is 15.0. The summed E-state index contributed by atoms with van der Waals surface area (Å²) in [4.78, 5) is 27.9. The van der Waals surface area contributed by atoms with E-state index in [0.29, 0.717) is 33.7 Å². The van der Waals surface area contributed by atoms with Crippen LogP contribution in [0.3, 0.4) is 0 Å². The van der Waals surface area contributed by atoms with Gasteiger partial charge in [0.1, 0.15) is 11.8 Å². The van der Waals surface area contributed by atoms with Gasteiger partial charge in [0.15, 0.2) is 0 Å². The summed E-state index contributed by atoms with van der Waals surface area (Å²) < 4.78 is 32.1. The van der Waals surface area contributed by atoms with Crippen LogP contribution in [0, 0.1) is 0 Å². The molecule has 2 rings (SSSR count). The standard InChI is InChI=1S/C27H37Cl2N3O5S/c1-7-37-24-12-9-8-11-23(24)32(38(6,35)36)16-10-13-25(33)31(19(2)26(34)30-27(3,4)5)18-20-14-15-21(28)22(29)17-20/h8-9,11-12,14-15,17,19H,7,10,13,16,18H2,1-6H3,(H,30,34)/t19-/m1/s1. The predicted octanol–water partition coefficient (Wildman–Crippen LogP) is 5.27. The van der Waals surface area contributed by atoms with Crippen molar-refractivity contribution in [1.29, 1.82) is 0 Å². The Labute approximate surface area is 236 Å². The molecule has 2 amide bonds. The first-order chi connectivity index (χ1) is 17.6. The molecule has 0 unspecified atom stereocenters. The van der Waals surface area contributed by atoms with Crippen molar-refractivity contribution in [2.75, 3.05) is 23.7 Å². The third kappa shape index (κ3) is 9.36. The Morgan fingerprint density at radius 1 is 1.08 bits per heavy atom. The maximum Gasteiger partial charge on any atom is 0.242 e. The number of amides is 2. The zero-order chi connectivity index (χ0) is 28.7. The van der Waals surface area contributed by atoms with Gasteiger partial charge in [-0.25, -0.2) is 8.42 Å². The molecule has 2 aromatic carbocycles. The molecule has 0 saturated heterocycles. The minimum absolute atomic E-state index is 0.0251. The van der Waals surface area contributed by atoms with E-state index in [-0.39, 0.29) is 37.7 Å². The van der Waals surface area contributed by atoms with Gasteiger partial charge in [0, 0.05) is 25.0 Å². The van der Waals surface area contributed by atoms with Gasteiger partial charge in [-0.2, -0.15) is 0 Å². The predicted molar refractivity (Wildman–Crippen MR) is 153 cm³/mol. The second-order valence-electron chi connectivity index (χ2n) is 10.0. The molecule has 11 heteroatoms. The number of para-hydroxylation sites is 2. The molecule has 0 spiro atoms. The van der Waals surface area contributed by atoms with E-state index in [9.17, 15) is 18.0 Å². The van der Waals surface area contributed by atoms with E-state index in [1.54, 1.807) is 49.4 Å². The first kappa shape index (κ1) is 31.7. The Morgan fingerprint density at radius 3 is 2.32 bits per heavy atom. The lowest BCUT2D eigenvalue weighted by Crippen LogP contribution is -2.52. The zero-order valence-corrected chi connectivity index (χ0v) is 25.1. The average molecular weight is 587 g/mol. The molecular formula is C27H37Cl2N3O5S. The van der Waals surface area contributed by atoms with E-state index in [4.69, 9.17) is 27.9 Å². The largest absolute Gasteiger partial charge is 0.492 e. The Morgan fingerprint density at radius 2 is 1.74 bits per heavy atom. The Kier molecular flexibility index (Phi) is 11.3. The average Bonchev–Trinajstić information content (AvgIpc) is 2.81. The fraction of sp³-hybridized carbons (Fsp3) is 0.481. The van der Waals surface area contributed by atoms with Gasteiger partial charge in [-0.15, -0.1) is 0 Å². The molecule has 0 fully saturated rings. The van der Waals surface area contributed by atoms with Crippen molar-refractivity contribution >= 4 is 50.7 Å². The number of nitrogens with zero attached hydrogens (tertiary/aromatic N) is 2. The van der Waals surface area contributed by atoms with Crippen LogP contribution in [0.2, 0.25) is 10.0 Å². The van der Waals surface area contributed by atoms with Gasteiger partial charge in [-0.1, -0.05) is 41.4 Å². The molecular weight excluding hydrogens is 549 g/mol. The summed E-state index contributed by atoms with van der Waals surface area (Å²) in [6.07, 6.45) is 1.38. The van der Waals surface area contributed by atoms with E-state index in [0.717, 1.165) is 6.26 Å². The number of ether oxygens (including phenoxy) is 1. The van der Waals surface area contributed by atoms with Crippen LogP contribution in [0.5, 0.6) is 5.75 Å². The van der Waals surface area contributed by atoms with Crippen molar-refractivity contribution in [3.8, 4) is 5.75 Å². The molecule has 0 aliphatic rings. The highest BCUT2D eigenvalue weighted by Gasteiger charge is 2.29. The lowest BCUT2D eigenvalue weighted by molar-refractivity contribution is -0.141. The zero-order valence-electron chi connectivity index (χ0n) is 22.8. The molecule has 1 N–H and O–H groups in total. The molecule has 38 heavy (non-hydrogen) atoms. The van der Waals surface area contributed by atoms with Crippen molar-refractivity contribution in [3.05, 3.63) is 58.1 Å². The number of carbonyl (C=O) groups excluding carboxylic acids is 2. The van der Waals surface area contributed by atoms with Crippen LogP contribution in [-0.2, 0) is 26.2 Å². The normalized spacial score (nSPS) is 12.5. The van der Waals surface area contributed by atoms with E-state index in [1.807, 2.05) is 27.7 Å². The highest BCUT2D eigenvalue weighted by atomic mass is 35.5. The molecule has 210 valence electrons. The molecule has 0 aliphatic heterocycles. The monoisotopic (exact) mass is 585 g/mol. The highest BCUT2D eigenvalue weighted by Crippen LogP contribution is 2.30. The molecule has 0 radical (unpaired) electrons. The first-order valence-electron chi connectivity index (χ1n) is 12.4. The minimum atomic E-state index is -3.65. The van der Waals surface area contributed by atoms with Gasteiger partial charge in [0.2, 0.25) is 21.8 Å². The van der Waals surface area contributed by atoms with Crippen molar-refractivity contribution in [2.45, 2.75) is 65.6 Å². The second kappa shape index (κ2) is 13.5. The maximum atomic E-state index is 13.4. The topological polar surface area (TPSA) is 96.0 Å². The molecule has 0 heterocycles. The van der Waals surface area contributed by atoms with Crippen LogP contribution < -0.4 is 14.4 Å². The fourth-order valence-electron chi connectivity index (χ4n) is 3.81. The van der Waals surface area contributed by atoms with E-state index in [2.05, 4.69) is 5.32 Å². The second-order valence-corrected chi connectivity index (χ2v) is 12.7. The van der Waals surface area contributed by atoms with Gasteiger partial charge in [0.05, 0.1) is 28.6 Å². The van der Waals surface area contributed by atoms with Crippen LogP contribution in [0.25, 0.3) is 0 Å². The van der Waals surface area contributed by atoms with E-state index in [1.165, 1.54) is 9.21 Å². The number of halogens is 2. The summed E-state index contributed by atoms with van der Waals surface area (Å²) in [6, 6.07) is 11.1. The molecule has 8 nitrogen and oxygen atoms in total. The summed E-state index contributed by atoms with van der Waals surface area (Å²) in [7, 11) is -3.65. The molecule has 0 aliphatic carbocycles. The summed E-state index contributed by atoms with van der Waals surface area (Å²) in [5, 5.41) is 3.65. The van der Waals surface area contributed by atoms with Gasteiger partial charge < -0.3 is 15.0 Å². The fourth-order valence-corrected chi connectivity index (χ4v) is 5.10. The molecule has 2 aromatic rings. The molecule has 0 bridgehead atoms. The quantitative estimate of drug-likeness (QED) is 0.366. The third-order valence-electron chi connectivity index (χ3n) is 5.59. The lowest BCUT2D eigenvalue weighted by atomic mass is 10.1. The van der Waals surface area contributed by atoms with Gasteiger partial charge in [0.25, 0.3) is 0 Å². The Bertz CT molecular complexity index is 1230. The smallest absolute Gasteiger partial charge is 0.242 e.